The van der Waals surface area contributed by atoms with Crippen molar-refractivity contribution < 1.29 is 0 Å². The highest BCUT2D eigenvalue weighted by Crippen LogP contribution is 1.86. The van der Waals surface area contributed by atoms with Gasteiger partial charge in [-0.15, -0.1) is 17.0 Å². The molecule has 0 aromatic carbocycles. The third-order valence-corrected chi connectivity index (χ3v) is 1.41. The van der Waals surface area contributed by atoms with Gasteiger partial charge in [-0.05, 0) is 0 Å². The molecule has 6 heavy (non-hydrogen) atoms. The molecule has 0 heterocycles. The van der Waals surface area contributed by atoms with Gasteiger partial charge >= 0.3 is 0 Å². The standard InChI is InChI=1S/C4H12Si.BrH/c1-2-3-4-5;/h2-4H2,1,5H3;1H. The van der Waals surface area contributed by atoms with E-state index in [9.17, 15) is 0 Å². The first-order chi connectivity index (χ1) is 2.41. The fraction of sp³-hybridized carbons (Fsp3) is 1.00. The van der Waals surface area contributed by atoms with E-state index in [4.69, 9.17) is 0 Å². The Morgan fingerprint density at radius 3 is 2.00 bits per heavy atom. The Labute approximate surface area is 53.5 Å². The summed E-state index contributed by atoms with van der Waals surface area (Å²) in [5.41, 5.74) is 0. The second kappa shape index (κ2) is 9.20. The van der Waals surface area contributed by atoms with Crippen LogP contribution >= 0.6 is 17.0 Å². The van der Waals surface area contributed by atoms with Crippen molar-refractivity contribution in [3.63, 3.8) is 0 Å². The van der Waals surface area contributed by atoms with Crippen molar-refractivity contribution in [2.24, 2.45) is 0 Å². The molecular formula is C4H13BrSi. The molecule has 0 nitrogen and oxygen atoms in total. The van der Waals surface area contributed by atoms with Gasteiger partial charge in [0.25, 0.3) is 0 Å². The molecule has 2 heteroatoms. The van der Waals surface area contributed by atoms with E-state index in [1.807, 2.05) is 0 Å². The van der Waals surface area contributed by atoms with Crippen LogP contribution in [0.15, 0.2) is 0 Å². The molecule has 0 saturated carbocycles. The minimum atomic E-state index is 0. The van der Waals surface area contributed by atoms with Crippen molar-refractivity contribution in [3.8, 4) is 0 Å². The van der Waals surface area contributed by atoms with Crippen LogP contribution in [0.25, 0.3) is 0 Å². The normalized spacial score (nSPS) is 7.50. The maximum Gasteiger partial charge on any atom is 0.00279 e. The summed E-state index contributed by atoms with van der Waals surface area (Å²) in [5, 5.41) is 0. The fourth-order valence-corrected chi connectivity index (χ4v) is 1.06. The Kier molecular flexibility index (Phi) is 15.1. The van der Waals surface area contributed by atoms with Gasteiger partial charge in [0.2, 0.25) is 0 Å². The highest BCUT2D eigenvalue weighted by atomic mass is 79.9. The molecule has 40 valence electrons. The van der Waals surface area contributed by atoms with Crippen LogP contribution in [0.5, 0.6) is 0 Å². The molecule has 0 spiro atoms. The quantitative estimate of drug-likeness (QED) is 0.544. The smallest absolute Gasteiger partial charge is 0.00279 e. The van der Waals surface area contributed by atoms with Crippen LogP contribution in [0.4, 0.5) is 0 Å². The first kappa shape index (κ1) is 9.85. The third-order valence-electron chi connectivity index (χ3n) is 0.707. The molecule has 0 aromatic heterocycles. The van der Waals surface area contributed by atoms with Gasteiger partial charge in [-0.3, -0.25) is 0 Å². The first-order valence-electron chi connectivity index (χ1n) is 2.41. The van der Waals surface area contributed by atoms with Gasteiger partial charge in [0, 0.05) is 10.2 Å². The summed E-state index contributed by atoms with van der Waals surface area (Å²) >= 11 is 0. The van der Waals surface area contributed by atoms with E-state index < -0.39 is 0 Å². The zero-order valence-corrected chi connectivity index (χ0v) is 8.24. The van der Waals surface area contributed by atoms with Crippen LogP contribution in [-0.4, -0.2) is 10.2 Å². The molecule has 0 amide bonds. The molecule has 0 saturated heterocycles. The molecule has 0 rings (SSSR count). The lowest BCUT2D eigenvalue weighted by molar-refractivity contribution is 0.884. The van der Waals surface area contributed by atoms with Gasteiger partial charge in [0.1, 0.15) is 0 Å². The first-order valence-corrected chi connectivity index (χ1v) is 3.83. The number of hydrogen-bond donors (Lipinski definition) is 0. The van der Waals surface area contributed by atoms with Crippen molar-refractivity contribution in [1.29, 1.82) is 0 Å². The van der Waals surface area contributed by atoms with Crippen molar-refractivity contribution >= 4 is 27.2 Å². The summed E-state index contributed by atoms with van der Waals surface area (Å²) in [7, 11) is 1.40. The van der Waals surface area contributed by atoms with Crippen LogP contribution in [0.2, 0.25) is 6.04 Å². The van der Waals surface area contributed by atoms with Crippen LogP contribution in [0.3, 0.4) is 0 Å². The Morgan fingerprint density at radius 2 is 2.00 bits per heavy atom. The third kappa shape index (κ3) is 8.83. The van der Waals surface area contributed by atoms with Crippen LogP contribution in [0.1, 0.15) is 19.8 Å². The molecule has 0 aromatic rings. The van der Waals surface area contributed by atoms with Gasteiger partial charge in [-0.25, -0.2) is 0 Å². The van der Waals surface area contributed by atoms with E-state index in [1.54, 1.807) is 0 Å². The van der Waals surface area contributed by atoms with Crippen LogP contribution in [-0.2, 0) is 0 Å². The molecule has 0 unspecified atom stereocenters. The van der Waals surface area contributed by atoms with Gasteiger partial charge in [0.05, 0.1) is 0 Å². The summed E-state index contributed by atoms with van der Waals surface area (Å²) < 4.78 is 0. The van der Waals surface area contributed by atoms with Gasteiger partial charge in [-0.1, -0.05) is 25.8 Å². The SMILES string of the molecule is Br.CCCC[SiH3]. The average Bonchev–Trinajstić information content (AvgIpc) is 1.41. The van der Waals surface area contributed by atoms with Gasteiger partial charge < -0.3 is 0 Å². The Morgan fingerprint density at radius 1 is 1.50 bits per heavy atom. The number of halogens is 1. The molecule has 0 N–H and O–H groups in total. The van der Waals surface area contributed by atoms with E-state index in [1.165, 1.54) is 29.1 Å². The molecule has 0 bridgehead atoms. The lowest BCUT2D eigenvalue weighted by Gasteiger charge is -1.79. The van der Waals surface area contributed by atoms with Gasteiger partial charge in [0.15, 0.2) is 0 Å². The topological polar surface area (TPSA) is 0 Å². The van der Waals surface area contributed by atoms with Crippen LogP contribution < -0.4 is 0 Å². The largest absolute Gasteiger partial charge is 0.114 e. The van der Waals surface area contributed by atoms with E-state index in [-0.39, 0.29) is 17.0 Å². The molecule has 0 atom stereocenters. The molecular weight excluding hydrogens is 156 g/mol. The van der Waals surface area contributed by atoms with Crippen molar-refractivity contribution in [1.82, 2.24) is 0 Å². The Balaban J connectivity index is 0. The second-order valence-electron chi connectivity index (χ2n) is 1.35. The Hall–Kier alpha value is 0.697. The predicted octanol–water partition coefficient (Wildman–Crippen LogP) is 1.15. The maximum absolute atomic E-state index is 2.23. The zero-order chi connectivity index (χ0) is 4.12. The van der Waals surface area contributed by atoms with Gasteiger partial charge in [-0.2, -0.15) is 0 Å². The summed E-state index contributed by atoms with van der Waals surface area (Å²) in [4.78, 5) is 0. The molecule has 0 aliphatic carbocycles. The predicted molar refractivity (Wildman–Crippen MR) is 40.0 cm³/mol. The average molecular weight is 169 g/mol. The fourth-order valence-electron chi connectivity index (χ4n) is 0.354. The summed E-state index contributed by atoms with van der Waals surface area (Å²) in [6.07, 6.45) is 2.83. The lowest BCUT2D eigenvalue weighted by atomic mass is 10.4. The van der Waals surface area contributed by atoms with Crippen LogP contribution in [0, 0.1) is 0 Å². The second-order valence-corrected chi connectivity index (χ2v) is 2.35. The molecule has 0 aliphatic heterocycles. The highest BCUT2D eigenvalue weighted by Gasteiger charge is 1.68. The minimum Gasteiger partial charge on any atom is -0.114 e. The maximum atomic E-state index is 2.23. The number of rotatable bonds is 2. The number of unbranched alkanes of at least 4 members (excludes halogenated alkanes) is 1. The summed E-state index contributed by atoms with van der Waals surface area (Å²) in [6.45, 7) is 2.23. The summed E-state index contributed by atoms with van der Waals surface area (Å²) in [6, 6.07) is 1.48. The van der Waals surface area contributed by atoms with E-state index in [0.717, 1.165) is 0 Å². The molecule has 0 fully saturated rings. The Bertz CT molecular complexity index is 15.0. The molecule has 0 aliphatic rings. The van der Waals surface area contributed by atoms with Crippen molar-refractivity contribution in [3.05, 3.63) is 0 Å². The zero-order valence-electron chi connectivity index (χ0n) is 4.53. The highest BCUT2D eigenvalue weighted by molar-refractivity contribution is 8.93. The van der Waals surface area contributed by atoms with Crippen molar-refractivity contribution in [2.75, 3.05) is 0 Å². The summed E-state index contributed by atoms with van der Waals surface area (Å²) in [5.74, 6) is 0. The monoisotopic (exact) mass is 168 g/mol. The van der Waals surface area contributed by atoms with Crippen molar-refractivity contribution in [2.45, 2.75) is 25.8 Å². The van der Waals surface area contributed by atoms with E-state index in [2.05, 4.69) is 6.92 Å². The lowest BCUT2D eigenvalue weighted by Crippen LogP contribution is -1.63. The number of hydrogen-bond acceptors (Lipinski definition) is 0. The van der Waals surface area contributed by atoms with E-state index in [0.29, 0.717) is 0 Å². The molecule has 0 radical (unpaired) electrons. The van der Waals surface area contributed by atoms with E-state index >= 15 is 0 Å². The minimum absolute atomic E-state index is 0.